The highest BCUT2D eigenvalue weighted by Crippen LogP contribution is 2.34. The Morgan fingerprint density at radius 3 is 2.93 bits per heavy atom. The van der Waals surface area contributed by atoms with Crippen molar-refractivity contribution in [1.29, 1.82) is 0 Å². The van der Waals surface area contributed by atoms with E-state index in [0.717, 1.165) is 25.1 Å². The number of fused-ring (bicyclic) bond motifs is 2. The molecule has 28 heavy (non-hydrogen) atoms. The topological polar surface area (TPSA) is 78.0 Å². The van der Waals surface area contributed by atoms with E-state index in [-0.39, 0.29) is 5.91 Å². The molecular weight excluding hydrogens is 352 g/mol. The minimum Gasteiger partial charge on any atom is -0.369 e. The number of anilines is 2. The third kappa shape index (κ3) is 2.91. The predicted octanol–water partition coefficient (Wildman–Crippen LogP) is 3.32. The number of aryl methyl sites for hydroxylation is 1. The van der Waals surface area contributed by atoms with Gasteiger partial charge in [0.05, 0.1) is 0 Å². The second-order valence-corrected chi connectivity index (χ2v) is 7.77. The number of nitrogens with zero attached hydrogens (tertiary/aromatic N) is 5. The van der Waals surface area contributed by atoms with Gasteiger partial charge in [0.25, 0.3) is 5.91 Å². The van der Waals surface area contributed by atoms with Crippen LogP contribution in [0.25, 0.3) is 11.2 Å². The van der Waals surface area contributed by atoms with Crippen molar-refractivity contribution < 1.29 is 4.79 Å². The van der Waals surface area contributed by atoms with Crippen molar-refractivity contribution in [3.05, 3.63) is 41.6 Å². The molecule has 2 aliphatic rings. The van der Waals surface area contributed by atoms with E-state index >= 15 is 0 Å². The lowest BCUT2D eigenvalue weighted by Gasteiger charge is -2.37. The summed E-state index contributed by atoms with van der Waals surface area (Å²) in [6.45, 7) is 4.13. The lowest BCUT2D eigenvalue weighted by Crippen LogP contribution is -2.38. The number of nitrogens with one attached hydrogen (secondary N) is 1. The minimum atomic E-state index is -0.0788. The first kappa shape index (κ1) is 17.2. The van der Waals surface area contributed by atoms with Crippen molar-refractivity contribution in [3.63, 3.8) is 0 Å². The van der Waals surface area contributed by atoms with Crippen LogP contribution in [0.2, 0.25) is 0 Å². The van der Waals surface area contributed by atoms with Crippen molar-refractivity contribution in [2.45, 2.75) is 45.1 Å². The summed E-state index contributed by atoms with van der Waals surface area (Å²) in [5.74, 6) is -0.0788. The fraction of sp³-hybridized carbons (Fsp3) is 0.429. The summed E-state index contributed by atoms with van der Waals surface area (Å²) in [5, 5.41) is 10.5. The molecule has 0 aliphatic carbocycles. The van der Waals surface area contributed by atoms with Gasteiger partial charge < -0.3 is 9.80 Å². The Bertz CT molecular complexity index is 1030. The molecule has 7 heteroatoms. The molecule has 0 saturated carbocycles. The van der Waals surface area contributed by atoms with E-state index in [1.807, 2.05) is 4.90 Å². The van der Waals surface area contributed by atoms with Crippen LogP contribution in [-0.2, 0) is 6.42 Å². The van der Waals surface area contributed by atoms with Gasteiger partial charge in [-0.15, -0.1) is 5.10 Å². The van der Waals surface area contributed by atoms with Crippen LogP contribution in [-0.4, -0.2) is 45.4 Å². The van der Waals surface area contributed by atoms with Crippen LogP contribution in [0.4, 0.5) is 11.4 Å². The van der Waals surface area contributed by atoms with Gasteiger partial charge in [-0.3, -0.25) is 4.79 Å². The van der Waals surface area contributed by atoms with Crippen LogP contribution in [0.3, 0.4) is 0 Å². The second-order valence-electron chi connectivity index (χ2n) is 7.77. The molecule has 2 aliphatic heterocycles. The normalized spacial score (nSPS) is 19.7. The number of carbonyl (C=O) groups excluding carboxylic acids is 1. The monoisotopic (exact) mass is 376 g/mol. The van der Waals surface area contributed by atoms with Crippen molar-refractivity contribution >= 4 is 28.4 Å². The zero-order valence-corrected chi connectivity index (χ0v) is 16.1. The molecule has 7 nitrogen and oxygen atoms in total. The van der Waals surface area contributed by atoms with E-state index in [9.17, 15) is 4.79 Å². The molecular formula is C21H24N6O. The van der Waals surface area contributed by atoms with Gasteiger partial charge in [0.15, 0.2) is 0 Å². The molecule has 1 unspecified atom stereocenters. The molecule has 1 N–H and O–H groups in total. The molecule has 1 atom stereocenters. The Hall–Kier alpha value is -2.96. The predicted molar refractivity (Wildman–Crippen MR) is 109 cm³/mol. The highest BCUT2D eigenvalue weighted by Gasteiger charge is 2.26. The summed E-state index contributed by atoms with van der Waals surface area (Å²) in [5.41, 5.74) is 5.07. The zero-order valence-electron chi connectivity index (χ0n) is 16.1. The second kappa shape index (κ2) is 6.89. The van der Waals surface area contributed by atoms with Crippen molar-refractivity contribution in [1.82, 2.24) is 20.4 Å². The number of aromatic amines is 1. The zero-order chi connectivity index (χ0) is 19.1. The van der Waals surface area contributed by atoms with Gasteiger partial charge in [0.2, 0.25) is 5.65 Å². The summed E-state index contributed by atoms with van der Waals surface area (Å²) in [7, 11) is 0. The maximum absolute atomic E-state index is 13.2. The first-order valence-electron chi connectivity index (χ1n) is 10.1. The summed E-state index contributed by atoms with van der Waals surface area (Å²) in [4.78, 5) is 21.9. The highest BCUT2D eigenvalue weighted by atomic mass is 16.2. The molecule has 1 aromatic carbocycles. The Morgan fingerprint density at radius 1 is 1.11 bits per heavy atom. The van der Waals surface area contributed by atoms with Crippen LogP contribution in [0.5, 0.6) is 0 Å². The Labute approximate surface area is 163 Å². The van der Waals surface area contributed by atoms with Gasteiger partial charge in [0.1, 0.15) is 11.2 Å². The van der Waals surface area contributed by atoms with Gasteiger partial charge in [-0.1, -0.05) is 0 Å². The molecule has 0 bridgehead atoms. The van der Waals surface area contributed by atoms with Crippen LogP contribution in [0, 0.1) is 0 Å². The van der Waals surface area contributed by atoms with E-state index < -0.39 is 0 Å². The molecule has 3 aromatic rings. The van der Waals surface area contributed by atoms with Gasteiger partial charge in [0, 0.05) is 30.5 Å². The fourth-order valence-electron chi connectivity index (χ4n) is 4.45. The lowest BCUT2D eigenvalue weighted by atomic mass is 9.98. The van der Waals surface area contributed by atoms with E-state index in [1.54, 1.807) is 12.1 Å². The quantitative estimate of drug-likeness (QED) is 0.742. The SMILES string of the molecule is CC1CCCCN1c1ccc2c(c1)CCCN2C(=O)c1ccc2n[nH]nc2n1. The summed E-state index contributed by atoms with van der Waals surface area (Å²) >= 11 is 0. The number of hydrogen-bond donors (Lipinski definition) is 1. The molecule has 4 heterocycles. The molecule has 5 rings (SSSR count). The minimum absolute atomic E-state index is 0.0788. The third-order valence-corrected chi connectivity index (χ3v) is 5.96. The molecule has 144 valence electrons. The molecule has 0 spiro atoms. The maximum atomic E-state index is 13.2. The first-order chi connectivity index (χ1) is 13.7. The number of pyridine rings is 1. The van der Waals surface area contributed by atoms with Gasteiger partial charge in [-0.2, -0.15) is 10.3 Å². The average Bonchev–Trinajstić information content (AvgIpc) is 3.20. The number of aromatic nitrogens is 4. The highest BCUT2D eigenvalue weighted by molar-refractivity contribution is 6.06. The van der Waals surface area contributed by atoms with Gasteiger partial charge in [-0.25, -0.2) is 4.98 Å². The summed E-state index contributed by atoms with van der Waals surface area (Å²) in [6, 6.07) is 10.6. The van der Waals surface area contributed by atoms with E-state index in [2.05, 4.69) is 50.4 Å². The van der Waals surface area contributed by atoms with Crippen molar-refractivity contribution in [2.24, 2.45) is 0 Å². The van der Waals surface area contributed by atoms with Crippen LogP contribution in [0.15, 0.2) is 30.3 Å². The molecule has 0 radical (unpaired) electrons. The number of piperidine rings is 1. The number of hydrogen-bond acceptors (Lipinski definition) is 5. The largest absolute Gasteiger partial charge is 0.369 e. The number of benzene rings is 1. The molecule has 1 amide bonds. The van der Waals surface area contributed by atoms with E-state index in [4.69, 9.17) is 0 Å². The van der Waals surface area contributed by atoms with Crippen molar-refractivity contribution in [2.75, 3.05) is 22.9 Å². The summed E-state index contributed by atoms with van der Waals surface area (Å²) < 4.78 is 0. The third-order valence-electron chi connectivity index (χ3n) is 5.96. The Morgan fingerprint density at radius 2 is 2.04 bits per heavy atom. The summed E-state index contributed by atoms with van der Waals surface area (Å²) in [6.07, 6.45) is 5.78. The molecule has 1 saturated heterocycles. The van der Waals surface area contributed by atoms with E-state index in [0.29, 0.717) is 29.4 Å². The lowest BCUT2D eigenvalue weighted by molar-refractivity contribution is 0.0980. The first-order valence-corrected chi connectivity index (χ1v) is 10.1. The number of amides is 1. The van der Waals surface area contributed by atoms with Crippen LogP contribution < -0.4 is 9.80 Å². The average molecular weight is 376 g/mol. The molecule has 2 aromatic heterocycles. The number of H-pyrrole nitrogens is 1. The van der Waals surface area contributed by atoms with Gasteiger partial charge >= 0.3 is 0 Å². The number of rotatable bonds is 2. The Kier molecular flexibility index (Phi) is 4.22. The van der Waals surface area contributed by atoms with Crippen molar-refractivity contribution in [3.8, 4) is 0 Å². The fourth-order valence-corrected chi connectivity index (χ4v) is 4.45. The van der Waals surface area contributed by atoms with Crippen LogP contribution in [0.1, 0.15) is 48.7 Å². The smallest absolute Gasteiger partial charge is 0.276 e. The number of carbonyl (C=O) groups is 1. The maximum Gasteiger partial charge on any atom is 0.276 e. The standard InChI is InChI=1S/C21H24N6O/c1-14-5-2-3-11-26(14)16-7-10-19-15(13-16)6-4-12-27(19)21(28)18-9-8-17-20(22-18)24-25-23-17/h7-10,13-14H,2-6,11-12H2,1H3,(H,22,23,24,25). The van der Waals surface area contributed by atoms with E-state index in [1.165, 1.54) is 30.5 Å². The molecule has 1 fully saturated rings. The van der Waals surface area contributed by atoms with Crippen LogP contribution >= 0.6 is 0 Å². The van der Waals surface area contributed by atoms with Gasteiger partial charge in [-0.05, 0) is 74.9 Å². The Balaban J connectivity index is 1.46.